The van der Waals surface area contributed by atoms with Crippen LogP contribution in [0.2, 0.25) is 0 Å². The standard InChI is InChI=1S/C27H46O2/c1-18(2)7-6-8-19(3)27(29)16-13-24-22-10-9-20-17-21(28)11-14-25(20,4)23(22)12-15-26(24,27)5/h9,18-19,21-24,28-29H,6-8,10-17H2,1-5H3/t19-,21-,22-,23+,24+,25+,26+,27+/m1/s1. The molecule has 0 aromatic carbocycles. The van der Waals surface area contributed by atoms with Crippen molar-refractivity contribution >= 4 is 0 Å². The van der Waals surface area contributed by atoms with Crippen LogP contribution in [0.3, 0.4) is 0 Å². The van der Waals surface area contributed by atoms with Gasteiger partial charge >= 0.3 is 0 Å². The van der Waals surface area contributed by atoms with Crippen molar-refractivity contribution in [2.75, 3.05) is 0 Å². The average Bonchev–Trinajstić information content (AvgIpc) is 2.94. The van der Waals surface area contributed by atoms with E-state index in [1.54, 1.807) is 5.57 Å². The third-order valence-electron chi connectivity index (χ3n) is 10.5. The summed E-state index contributed by atoms with van der Waals surface area (Å²) in [6.45, 7) is 11.9. The number of rotatable bonds is 5. The first kappa shape index (κ1) is 21.9. The number of fused-ring (bicyclic) bond motifs is 5. The van der Waals surface area contributed by atoms with E-state index in [1.807, 2.05) is 0 Å². The first-order valence-corrected chi connectivity index (χ1v) is 12.7. The summed E-state index contributed by atoms with van der Waals surface area (Å²) in [5.41, 5.74) is 1.46. The molecule has 0 aromatic rings. The lowest BCUT2D eigenvalue weighted by Gasteiger charge is -2.59. The molecule has 0 radical (unpaired) electrons. The maximum absolute atomic E-state index is 12.1. The predicted octanol–water partition coefficient (Wildman–Crippen LogP) is 6.50. The third-order valence-corrected chi connectivity index (χ3v) is 10.5. The summed E-state index contributed by atoms with van der Waals surface area (Å²) in [4.78, 5) is 0. The second-order valence-corrected chi connectivity index (χ2v) is 12.3. The van der Waals surface area contributed by atoms with E-state index >= 15 is 0 Å². The summed E-state index contributed by atoms with van der Waals surface area (Å²) in [5, 5.41) is 22.3. The molecule has 2 N–H and O–H groups in total. The second-order valence-electron chi connectivity index (χ2n) is 12.3. The molecule has 0 heterocycles. The van der Waals surface area contributed by atoms with E-state index in [4.69, 9.17) is 0 Å². The minimum Gasteiger partial charge on any atom is -0.393 e. The first-order chi connectivity index (χ1) is 13.6. The predicted molar refractivity (Wildman–Crippen MR) is 121 cm³/mol. The lowest BCUT2D eigenvalue weighted by molar-refractivity contribution is -0.150. The topological polar surface area (TPSA) is 40.5 Å². The van der Waals surface area contributed by atoms with Crippen LogP contribution in [0.15, 0.2) is 11.6 Å². The summed E-state index contributed by atoms with van der Waals surface area (Å²) in [5.74, 6) is 3.32. The molecule has 2 nitrogen and oxygen atoms in total. The monoisotopic (exact) mass is 402 g/mol. The lowest BCUT2D eigenvalue weighted by atomic mass is 9.46. The highest BCUT2D eigenvalue weighted by molar-refractivity contribution is 5.26. The fraction of sp³-hybridized carbons (Fsp3) is 0.926. The van der Waals surface area contributed by atoms with Crippen LogP contribution in [0.4, 0.5) is 0 Å². The molecule has 0 aromatic heterocycles. The Kier molecular flexibility index (Phi) is 5.78. The van der Waals surface area contributed by atoms with E-state index in [-0.39, 0.29) is 11.5 Å². The van der Waals surface area contributed by atoms with Crippen LogP contribution in [0, 0.1) is 40.4 Å². The van der Waals surface area contributed by atoms with Gasteiger partial charge in [-0.3, -0.25) is 0 Å². The van der Waals surface area contributed by atoms with Gasteiger partial charge in [0.25, 0.3) is 0 Å². The average molecular weight is 403 g/mol. The molecular formula is C27H46O2. The minimum atomic E-state index is -0.479. The maximum atomic E-state index is 12.1. The van der Waals surface area contributed by atoms with Crippen molar-refractivity contribution in [3.8, 4) is 0 Å². The Morgan fingerprint density at radius 3 is 2.45 bits per heavy atom. The maximum Gasteiger partial charge on any atom is 0.0729 e. The molecule has 29 heavy (non-hydrogen) atoms. The van der Waals surface area contributed by atoms with E-state index in [0.29, 0.717) is 17.3 Å². The van der Waals surface area contributed by atoms with E-state index < -0.39 is 5.60 Å². The van der Waals surface area contributed by atoms with Crippen LogP contribution < -0.4 is 0 Å². The zero-order valence-corrected chi connectivity index (χ0v) is 19.7. The molecule has 0 amide bonds. The molecule has 8 atom stereocenters. The Bertz CT molecular complexity index is 638. The first-order valence-electron chi connectivity index (χ1n) is 12.7. The summed E-state index contributed by atoms with van der Waals surface area (Å²) in [6, 6.07) is 0. The van der Waals surface area contributed by atoms with Crippen LogP contribution in [0.25, 0.3) is 0 Å². The normalized spacial score (nSPS) is 47.9. The number of hydrogen-bond acceptors (Lipinski definition) is 2. The molecule has 4 rings (SSSR count). The fourth-order valence-corrected chi connectivity index (χ4v) is 8.57. The molecule has 2 heteroatoms. The highest BCUT2D eigenvalue weighted by Gasteiger charge is 2.64. The molecule has 4 aliphatic rings. The summed E-state index contributed by atoms with van der Waals surface area (Å²) < 4.78 is 0. The minimum absolute atomic E-state index is 0.0846. The molecule has 0 saturated heterocycles. The zero-order valence-electron chi connectivity index (χ0n) is 19.7. The molecule has 0 bridgehead atoms. The van der Waals surface area contributed by atoms with Crippen LogP contribution >= 0.6 is 0 Å². The van der Waals surface area contributed by atoms with Crippen molar-refractivity contribution in [2.45, 2.75) is 117 Å². The molecule has 4 aliphatic carbocycles. The van der Waals surface area contributed by atoms with E-state index in [0.717, 1.165) is 43.4 Å². The van der Waals surface area contributed by atoms with Crippen LogP contribution in [0.5, 0.6) is 0 Å². The van der Waals surface area contributed by atoms with Gasteiger partial charge in [-0.2, -0.15) is 0 Å². The number of aliphatic hydroxyl groups excluding tert-OH is 1. The Labute approximate surface area is 179 Å². The van der Waals surface area contributed by atoms with Crippen molar-refractivity contribution in [2.24, 2.45) is 40.4 Å². The number of hydrogen-bond donors (Lipinski definition) is 2. The van der Waals surface area contributed by atoms with Gasteiger partial charge in [-0.15, -0.1) is 0 Å². The molecule has 0 unspecified atom stereocenters. The van der Waals surface area contributed by atoms with Crippen molar-refractivity contribution in [3.63, 3.8) is 0 Å². The van der Waals surface area contributed by atoms with Crippen LogP contribution in [0.1, 0.15) is 105 Å². The number of aliphatic hydroxyl groups is 2. The Morgan fingerprint density at radius 1 is 1.00 bits per heavy atom. The van der Waals surface area contributed by atoms with Gasteiger partial charge in [-0.05, 0) is 98.2 Å². The molecular weight excluding hydrogens is 356 g/mol. The van der Waals surface area contributed by atoms with Crippen molar-refractivity contribution in [1.82, 2.24) is 0 Å². The van der Waals surface area contributed by atoms with Crippen molar-refractivity contribution < 1.29 is 10.2 Å². The molecule has 3 saturated carbocycles. The second kappa shape index (κ2) is 7.66. The summed E-state index contributed by atoms with van der Waals surface area (Å²) in [7, 11) is 0. The van der Waals surface area contributed by atoms with Crippen LogP contribution in [-0.2, 0) is 0 Å². The van der Waals surface area contributed by atoms with Gasteiger partial charge in [0.2, 0.25) is 0 Å². The SMILES string of the molecule is CC(C)CCC[C@@H](C)[C@@]1(O)CC[C@H]2[C@@H]3CC=C4C[C@H](O)CC[C@]4(C)[C@H]3CC[C@@]21C. The van der Waals surface area contributed by atoms with E-state index in [2.05, 4.69) is 40.7 Å². The van der Waals surface area contributed by atoms with Gasteiger partial charge < -0.3 is 10.2 Å². The molecule has 0 aliphatic heterocycles. The van der Waals surface area contributed by atoms with Gasteiger partial charge in [0.1, 0.15) is 0 Å². The molecule has 3 fully saturated rings. The van der Waals surface area contributed by atoms with E-state index in [9.17, 15) is 10.2 Å². The molecule has 166 valence electrons. The van der Waals surface area contributed by atoms with E-state index in [1.165, 1.54) is 44.9 Å². The lowest BCUT2D eigenvalue weighted by Crippen LogP contribution is -2.56. The Hall–Kier alpha value is -0.340. The summed E-state index contributed by atoms with van der Waals surface area (Å²) >= 11 is 0. The smallest absolute Gasteiger partial charge is 0.0729 e. The van der Waals surface area contributed by atoms with Gasteiger partial charge in [0.05, 0.1) is 11.7 Å². The zero-order chi connectivity index (χ0) is 21.0. The fourth-order valence-electron chi connectivity index (χ4n) is 8.57. The summed E-state index contributed by atoms with van der Waals surface area (Å²) in [6.07, 6.45) is 15.0. The van der Waals surface area contributed by atoms with Gasteiger partial charge in [0.15, 0.2) is 0 Å². The van der Waals surface area contributed by atoms with Gasteiger partial charge in [-0.25, -0.2) is 0 Å². The highest BCUT2D eigenvalue weighted by Crippen LogP contribution is 2.68. The molecule has 0 spiro atoms. The van der Waals surface area contributed by atoms with Gasteiger partial charge in [0, 0.05) is 0 Å². The van der Waals surface area contributed by atoms with Crippen LogP contribution in [-0.4, -0.2) is 21.9 Å². The Morgan fingerprint density at radius 2 is 1.72 bits per heavy atom. The quantitative estimate of drug-likeness (QED) is 0.515. The Balaban J connectivity index is 1.54. The van der Waals surface area contributed by atoms with Crippen molar-refractivity contribution in [1.29, 1.82) is 0 Å². The van der Waals surface area contributed by atoms with Crippen molar-refractivity contribution in [3.05, 3.63) is 11.6 Å². The number of allylic oxidation sites excluding steroid dienone is 1. The highest BCUT2D eigenvalue weighted by atomic mass is 16.3. The third kappa shape index (κ3) is 3.36. The van der Waals surface area contributed by atoms with Gasteiger partial charge in [-0.1, -0.05) is 59.1 Å². The largest absolute Gasteiger partial charge is 0.393 e.